The van der Waals surface area contributed by atoms with Crippen molar-refractivity contribution in [3.8, 4) is 0 Å². The molecule has 0 saturated heterocycles. The Balaban J connectivity index is 0.0000108. The molecule has 0 aliphatic heterocycles. The number of esters is 2. The Labute approximate surface area is 346 Å². The SMILES string of the molecule is O=COCC(COP(=O)([O-])OCCCC(=O)OCCOCCCC(=O)OCc1cn(CCN(CCO)c2ccc(/C=C/c3ccccn3)cc2)nn1)OC=O.[Na+]. The zero-order valence-corrected chi connectivity index (χ0v) is 34.0. The summed E-state index contributed by atoms with van der Waals surface area (Å²) in [5, 5.41) is 17.8. The number of ether oxygens (including phenoxy) is 5. The average molecular weight is 814 g/mol. The number of carbonyl (C=O) groups is 4. The number of aliphatic hydroxyl groups is 1. The van der Waals surface area contributed by atoms with Crippen molar-refractivity contribution in [2.24, 2.45) is 0 Å². The molecule has 3 aromatic rings. The predicted molar refractivity (Wildman–Crippen MR) is 191 cm³/mol. The average Bonchev–Trinajstić information content (AvgIpc) is 3.65. The maximum atomic E-state index is 12.2. The first-order valence-electron chi connectivity index (χ1n) is 17.3. The molecule has 0 radical (unpaired) electrons. The molecular weight excluding hydrogens is 768 g/mol. The van der Waals surface area contributed by atoms with Gasteiger partial charge in [0.2, 0.25) is 0 Å². The maximum Gasteiger partial charge on any atom is 1.00 e. The van der Waals surface area contributed by atoms with Crippen molar-refractivity contribution in [3.63, 3.8) is 0 Å². The van der Waals surface area contributed by atoms with Crippen LogP contribution < -0.4 is 39.4 Å². The van der Waals surface area contributed by atoms with Gasteiger partial charge in [-0.25, -0.2) is 0 Å². The first kappa shape index (κ1) is 48.1. The quantitative estimate of drug-likeness (QED) is 0.0206. The molecule has 0 fully saturated rings. The number of pyridine rings is 1. The van der Waals surface area contributed by atoms with Crippen LogP contribution in [0.25, 0.3) is 12.2 Å². The minimum atomic E-state index is -4.76. The van der Waals surface area contributed by atoms with E-state index in [2.05, 4.69) is 33.8 Å². The normalized spacial score (nSPS) is 12.5. The molecule has 19 nitrogen and oxygen atoms in total. The summed E-state index contributed by atoms with van der Waals surface area (Å²) < 4.78 is 47.3. The van der Waals surface area contributed by atoms with Gasteiger partial charge in [-0.15, -0.1) is 5.10 Å². The Morgan fingerprint density at radius 2 is 1.68 bits per heavy atom. The van der Waals surface area contributed by atoms with Crippen molar-refractivity contribution in [1.82, 2.24) is 20.0 Å². The predicted octanol–water partition coefficient (Wildman–Crippen LogP) is -1.27. The van der Waals surface area contributed by atoms with Crippen molar-refractivity contribution in [2.45, 2.75) is 44.9 Å². The molecule has 0 amide bonds. The molecule has 0 spiro atoms. The van der Waals surface area contributed by atoms with E-state index in [4.69, 9.17) is 14.2 Å². The first-order chi connectivity index (χ1) is 26.7. The van der Waals surface area contributed by atoms with E-state index >= 15 is 0 Å². The van der Waals surface area contributed by atoms with Crippen molar-refractivity contribution in [1.29, 1.82) is 0 Å². The van der Waals surface area contributed by atoms with E-state index in [-0.39, 0.29) is 101 Å². The van der Waals surface area contributed by atoms with Crippen LogP contribution in [0.15, 0.2) is 54.9 Å². The first-order valence-corrected chi connectivity index (χ1v) is 18.7. The third kappa shape index (κ3) is 20.8. The molecule has 2 unspecified atom stereocenters. The number of hydrogen-bond donors (Lipinski definition) is 1. The topological polar surface area (TPSA) is 240 Å². The molecule has 3 rings (SSSR count). The third-order valence-electron chi connectivity index (χ3n) is 7.28. The molecule has 0 bridgehead atoms. The van der Waals surface area contributed by atoms with Crippen LogP contribution >= 0.6 is 7.82 Å². The van der Waals surface area contributed by atoms with Crippen LogP contribution in [0.4, 0.5) is 5.69 Å². The van der Waals surface area contributed by atoms with Gasteiger partial charge in [0.05, 0.1) is 44.9 Å². The van der Waals surface area contributed by atoms with Crippen molar-refractivity contribution in [2.75, 3.05) is 64.2 Å². The zero-order valence-electron chi connectivity index (χ0n) is 31.1. The van der Waals surface area contributed by atoms with Gasteiger partial charge in [-0.3, -0.25) is 33.4 Å². The molecule has 21 heteroatoms. The molecule has 2 atom stereocenters. The number of nitrogens with zero attached hydrogens (tertiary/aromatic N) is 5. The van der Waals surface area contributed by atoms with Crippen LogP contribution in [0.3, 0.4) is 0 Å². The molecule has 2 heterocycles. The Morgan fingerprint density at radius 3 is 2.39 bits per heavy atom. The van der Waals surface area contributed by atoms with Crippen molar-refractivity contribution < 1.29 is 96.0 Å². The van der Waals surface area contributed by atoms with Crippen LogP contribution in [0.1, 0.15) is 42.6 Å². The zero-order chi connectivity index (χ0) is 39.6. The van der Waals surface area contributed by atoms with Crippen molar-refractivity contribution >= 4 is 50.5 Å². The summed E-state index contributed by atoms with van der Waals surface area (Å²) in [6.45, 7) is 0.472. The fourth-order valence-corrected chi connectivity index (χ4v) is 5.35. The number of aliphatic hydroxyl groups excluding tert-OH is 1. The van der Waals surface area contributed by atoms with Gasteiger partial charge in [-0.1, -0.05) is 29.5 Å². The van der Waals surface area contributed by atoms with Gasteiger partial charge in [0.1, 0.15) is 25.5 Å². The molecule has 1 aromatic carbocycles. The summed E-state index contributed by atoms with van der Waals surface area (Å²) in [5.41, 5.74) is 3.33. The number of carbonyl (C=O) groups excluding carboxylic acids is 4. The molecule has 0 aliphatic rings. The largest absolute Gasteiger partial charge is 1.00 e. The fraction of sp³-hybridized carbons (Fsp3) is 0.457. The van der Waals surface area contributed by atoms with Crippen LogP contribution in [-0.4, -0.2) is 115 Å². The standard InChI is InChI=1S/C35H46N5O14P.Na/c41-18-17-39(32-12-9-29(10-13-32)8-11-30-5-1-2-14-36-30)15-16-40-23-31(37-38-40)24-51-35(45)6-3-19-48-21-22-50-34(44)7-4-20-53-55(46,47)54-26-33(52-28-43)25-49-27-42;/h1-2,5,8-14,23,27-28,33,41H,3-4,6-7,15-22,24-26H2,(H,46,47);/q;+1/p-1/b11-8+;. The molecule has 2 aromatic heterocycles. The Bertz CT molecular complexity index is 1650. The van der Waals surface area contributed by atoms with E-state index in [0.717, 1.165) is 16.9 Å². The summed E-state index contributed by atoms with van der Waals surface area (Å²) in [6, 6.07) is 13.7. The van der Waals surface area contributed by atoms with Crippen LogP contribution in [0.5, 0.6) is 0 Å². The van der Waals surface area contributed by atoms with Crippen LogP contribution in [0, 0.1) is 0 Å². The van der Waals surface area contributed by atoms with Gasteiger partial charge in [0.15, 0.2) is 6.10 Å². The van der Waals surface area contributed by atoms with E-state index in [9.17, 15) is 33.7 Å². The second-order valence-electron chi connectivity index (χ2n) is 11.4. The molecule has 1 N–H and O–H groups in total. The molecule has 56 heavy (non-hydrogen) atoms. The van der Waals surface area contributed by atoms with Gasteiger partial charge in [0.25, 0.3) is 20.8 Å². The third-order valence-corrected chi connectivity index (χ3v) is 8.24. The number of anilines is 1. The summed E-state index contributed by atoms with van der Waals surface area (Å²) in [5.74, 6) is -1.04. The van der Waals surface area contributed by atoms with E-state index in [1.807, 2.05) is 59.5 Å². The Morgan fingerprint density at radius 1 is 0.911 bits per heavy atom. The number of phosphoric ester groups is 1. The Hall–Kier alpha value is -4.04. The maximum absolute atomic E-state index is 12.2. The van der Waals surface area contributed by atoms with Gasteiger partial charge in [0, 0.05) is 44.4 Å². The van der Waals surface area contributed by atoms with Crippen LogP contribution in [-0.2, 0) is 69.6 Å². The molecule has 0 aliphatic carbocycles. The number of benzene rings is 1. The van der Waals surface area contributed by atoms with Gasteiger partial charge >= 0.3 is 41.5 Å². The molecular formula is C35H45N5NaO14P. The van der Waals surface area contributed by atoms with Crippen LogP contribution in [0.2, 0.25) is 0 Å². The number of phosphoric acid groups is 1. The number of rotatable bonds is 30. The summed E-state index contributed by atoms with van der Waals surface area (Å²) in [7, 11) is -4.76. The Kier molecular flexibility index (Phi) is 24.4. The van der Waals surface area contributed by atoms with E-state index < -0.39 is 39.1 Å². The van der Waals surface area contributed by atoms with Gasteiger partial charge in [-0.05, 0) is 48.7 Å². The minimum absolute atomic E-state index is 0. The molecule has 300 valence electrons. The second-order valence-corrected chi connectivity index (χ2v) is 12.8. The van der Waals surface area contributed by atoms with Gasteiger partial charge in [-0.2, -0.15) is 0 Å². The monoisotopic (exact) mass is 813 g/mol. The van der Waals surface area contributed by atoms with Gasteiger partial charge < -0.3 is 47.6 Å². The smallest absolute Gasteiger partial charge is 0.756 e. The number of aromatic nitrogens is 4. The van der Waals surface area contributed by atoms with Crippen molar-refractivity contribution in [3.05, 3.63) is 71.8 Å². The summed E-state index contributed by atoms with van der Waals surface area (Å²) in [6.07, 6.45) is 6.59. The summed E-state index contributed by atoms with van der Waals surface area (Å²) in [4.78, 5) is 62.8. The minimum Gasteiger partial charge on any atom is -0.756 e. The van der Waals surface area contributed by atoms with E-state index in [1.54, 1.807) is 17.1 Å². The molecule has 0 saturated carbocycles. The second kappa shape index (κ2) is 28.4. The van der Waals surface area contributed by atoms with E-state index in [0.29, 0.717) is 31.7 Å². The van der Waals surface area contributed by atoms with E-state index in [1.165, 1.54) is 0 Å². The summed E-state index contributed by atoms with van der Waals surface area (Å²) >= 11 is 0. The number of hydrogen-bond acceptors (Lipinski definition) is 18. The fourth-order valence-electron chi connectivity index (χ4n) is 4.57.